The Labute approximate surface area is 145 Å². The molecule has 7 heteroatoms. The number of carbonyl (C=O) groups excluding carboxylic acids is 1. The Kier molecular flexibility index (Phi) is 4.65. The Morgan fingerprint density at radius 2 is 2.04 bits per heavy atom. The van der Waals surface area contributed by atoms with Crippen molar-refractivity contribution in [3.05, 3.63) is 42.5 Å². The molecule has 1 aromatic carbocycles. The van der Waals surface area contributed by atoms with Gasteiger partial charge in [0.2, 0.25) is 5.91 Å². The Morgan fingerprint density at radius 3 is 2.68 bits per heavy atom. The predicted octanol–water partition coefficient (Wildman–Crippen LogP) is 3.04. The van der Waals surface area contributed by atoms with Crippen LogP contribution in [0.1, 0.15) is 20.3 Å². The summed E-state index contributed by atoms with van der Waals surface area (Å²) in [4.78, 5) is 22.3. The molecule has 2 heterocycles. The molecular formula is C18H20F2N4O. The van der Waals surface area contributed by atoms with Gasteiger partial charge in [-0.15, -0.1) is 0 Å². The molecule has 0 spiro atoms. The van der Waals surface area contributed by atoms with Gasteiger partial charge in [-0.1, -0.05) is 0 Å². The highest BCUT2D eigenvalue weighted by molar-refractivity contribution is 5.84. The maximum Gasteiger partial charge on any atom is 0.244 e. The minimum Gasteiger partial charge on any atom is -0.359 e. The standard InChI is InChI=1S/C18H20F2N4O/c1-12(17(25)24-8-7-18(2,20)10-24)23-16-9-15(21-11-22-16)13-3-5-14(19)6-4-13/h3-6,9,11-12H,7-8,10H2,1-2H3,(H,21,22,23)/t12-,18?/m1/s1. The van der Waals surface area contributed by atoms with Crippen LogP contribution in [0.5, 0.6) is 0 Å². The monoisotopic (exact) mass is 346 g/mol. The van der Waals surface area contributed by atoms with Crippen molar-refractivity contribution < 1.29 is 13.6 Å². The van der Waals surface area contributed by atoms with E-state index in [-0.39, 0.29) is 18.3 Å². The molecule has 1 aromatic heterocycles. The Hall–Kier alpha value is -2.57. The fourth-order valence-corrected chi connectivity index (χ4v) is 2.88. The molecule has 0 radical (unpaired) electrons. The Bertz CT molecular complexity index is 764. The topological polar surface area (TPSA) is 58.1 Å². The van der Waals surface area contributed by atoms with Gasteiger partial charge in [0.25, 0.3) is 0 Å². The largest absolute Gasteiger partial charge is 0.359 e. The highest BCUT2D eigenvalue weighted by Crippen LogP contribution is 2.25. The summed E-state index contributed by atoms with van der Waals surface area (Å²) in [6, 6.07) is 7.13. The lowest BCUT2D eigenvalue weighted by Gasteiger charge is -2.22. The van der Waals surface area contributed by atoms with Crippen LogP contribution in [-0.2, 0) is 4.79 Å². The number of nitrogens with one attached hydrogen (secondary N) is 1. The smallest absolute Gasteiger partial charge is 0.244 e. The van der Waals surface area contributed by atoms with Crippen molar-refractivity contribution in [2.45, 2.75) is 32.0 Å². The zero-order valence-corrected chi connectivity index (χ0v) is 14.2. The third kappa shape index (κ3) is 4.10. The van der Waals surface area contributed by atoms with Crippen molar-refractivity contribution in [3.8, 4) is 11.3 Å². The van der Waals surface area contributed by atoms with E-state index in [0.717, 1.165) is 5.56 Å². The number of hydrogen-bond acceptors (Lipinski definition) is 4. The van der Waals surface area contributed by atoms with Crippen molar-refractivity contribution >= 4 is 11.7 Å². The summed E-state index contributed by atoms with van der Waals surface area (Å²) in [7, 11) is 0. The van der Waals surface area contributed by atoms with Gasteiger partial charge in [-0.25, -0.2) is 18.7 Å². The summed E-state index contributed by atoms with van der Waals surface area (Å²) >= 11 is 0. The van der Waals surface area contributed by atoms with Gasteiger partial charge in [-0.2, -0.15) is 0 Å². The second-order valence-electron chi connectivity index (χ2n) is 6.58. The third-order valence-electron chi connectivity index (χ3n) is 4.28. The molecule has 3 rings (SSSR count). The number of carbonyl (C=O) groups is 1. The first kappa shape index (κ1) is 17.3. The lowest BCUT2D eigenvalue weighted by atomic mass is 10.1. The minimum atomic E-state index is -1.32. The number of halogens is 2. The van der Waals surface area contributed by atoms with Crippen LogP contribution in [0.25, 0.3) is 11.3 Å². The Morgan fingerprint density at radius 1 is 1.32 bits per heavy atom. The number of hydrogen-bond donors (Lipinski definition) is 1. The zero-order chi connectivity index (χ0) is 18.0. The third-order valence-corrected chi connectivity index (χ3v) is 4.28. The maximum atomic E-state index is 13.9. The van der Waals surface area contributed by atoms with Gasteiger partial charge in [0.1, 0.15) is 29.7 Å². The summed E-state index contributed by atoms with van der Waals surface area (Å²) in [5, 5.41) is 3.03. The number of benzene rings is 1. The van der Waals surface area contributed by atoms with Crippen LogP contribution in [0.15, 0.2) is 36.7 Å². The van der Waals surface area contributed by atoms with Crippen LogP contribution >= 0.6 is 0 Å². The van der Waals surface area contributed by atoms with E-state index in [2.05, 4.69) is 15.3 Å². The second-order valence-corrected chi connectivity index (χ2v) is 6.58. The van der Waals surface area contributed by atoms with Gasteiger partial charge < -0.3 is 10.2 Å². The van der Waals surface area contributed by atoms with Crippen LogP contribution in [0, 0.1) is 5.82 Å². The average molecular weight is 346 g/mol. The highest BCUT2D eigenvalue weighted by Gasteiger charge is 2.37. The first-order chi connectivity index (χ1) is 11.8. The van der Waals surface area contributed by atoms with E-state index in [4.69, 9.17) is 0 Å². The number of aromatic nitrogens is 2. The number of alkyl halides is 1. The molecule has 25 heavy (non-hydrogen) atoms. The van der Waals surface area contributed by atoms with Gasteiger partial charge in [0, 0.05) is 24.6 Å². The van der Waals surface area contributed by atoms with E-state index in [1.165, 1.54) is 30.3 Å². The van der Waals surface area contributed by atoms with E-state index >= 15 is 0 Å². The lowest BCUT2D eigenvalue weighted by molar-refractivity contribution is -0.131. The summed E-state index contributed by atoms with van der Waals surface area (Å²) in [5.74, 6) is 0.00144. The normalized spacial score (nSPS) is 21.2. The SMILES string of the molecule is C[C@@H](Nc1cc(-c2ccc(F)cc2)ncn1)C(=O)N1CCC(C)(F)C1. The molecular weight excluding hydrogens is 326 g/mol. The van der Waals surface area contributed by atoms with Crippen LogP contribution in [-0.4, -0.2) is 45.6 Å². The fraction of sp³-hybridized carbons (Fsp3) is 0.389. The van der Waals surface area contributed by atoms with E-state index < -0.39 is 11.7 Å². The van der Waals surface area contributed by atoms with Gasteiger partial charge in [-0.3, -0.25) is 4.79 Å². The molecule has 1 aliphatic rings. The lowest BCUT2D eigenvalue weighted by Crippen LogP contribution is -2.41. The molecule has 1 N–H and O–H groups in total. The zero-order valence-electron chi connectivity index (χ0n) is 14.2. The van der Waals surface area contributed by atoms with Gasteiger partial charge in [0.05, 0.1) is 12.2 Å². The average Bonchev–Trinajstić information content (AvgIpc) is 2.95. The van der Waals surface area contributed by atoms with Crippen LogP contribution < -0.4 is 5.32 Å². The van der Waals surface area contributed by atoms with Crippen molar-refractivity contribution in [2.24, 2.45) is 0 Å². The number of anilines is 1. The van der Waals surface area contributed by atoms with Crippen LogP contribution in [0.4, 0.5) is 14.6 Å². The van der Waals surface area contributed by atoms with Gasteiger partial charge in [-0.05, 0) is 38.1 Å². The number of nitrogens with zero attached hydrogens (tertiary/aromatic N) is 3. The van der Waals surface area contributed by atoms with Crippen LogP contribution in [0.2, 0.25) is 0 Å². The van der Waals surface area contributed by atoms with Crippen molar-refractivity contribution in [1.82, 2.24) is 14.9 Å². The molecule has 132 valence electrons. The molecule has 0 bridgehead atoms. The van der Waals surface area contributed by atoms with Gasteiger partial charge in [0.15, 0.2) is 0 Å². The molecule has 1 fully saturated rings. The summed E-state index contributed by atoms with van der Waals surface area (Å²) < 4.78 is 27.0. The molecule has 0 saturated carbocycles. The maximum absolute atomic E-state index is 13.9. The fourth-order valence-electron chi connectivity index (χ4n) is 2.88. The summed E-state index contributed by atoms with van der Waals surface area (Å²) in [6.07, 6.45) is 1.74. The molecule has 0 aliphatic carbocycles. The molecule has 1 saturated heterocycles. The van der Waals surface area contributed by atoms with Crippen molar-refractivity contribution in [3.63, 3.8) is 0 Å². The van der Waals surface area contributed by atoms with E-state index in [1.54, 1.807) is 25.1 Å². The number of amides is 1. The molecule has 1 unspecified atom stereocenters. The first-order valence-electron chi connectivity index (χ1n) is 8.16. The quantitative estimate of drug-likeness (QED) is 0.924. The summed E-state index contributed by atoms with van der Waals surface area (Å²) in [6.45, 7) is 3.76. The van der Waals surface area contributed by atoms with Crippen molar-refractivity contribution in [1.29, 1.82) is 0 Å². The highest BCUT2D eigenvalue weighted by atomic mass is 19.1. The first-order valence-corrected chi connectivity index (χ1v) is 8.16. The minimum absolute atomic E-state index is 0.114. The molecule has 1 aliphatic heterocycles. The van der Waals surface area contributed by atoms with Crippen molar-refractivity contribution in [2.75, 3.05) is 18.4 Å². The van der Waals surface area contributed by atoms with Crippen LogP contribution in [0.3, 0.4) is 0 Å². The summed E-state index contributed by atoms with van der Waals surface area (Å²) in [5.41, 5.74) is 0.0493. The number of rotatable bonds is 4. The molecule has 2 aromatic rings. The van der Waals surface area contributed by atoms with E-state index in [9.17, 15) is 13.6 Å². The molecule has 1 amide bonds. The predicted molar refractivity (Wildman–Crippen MR) is 91.2 cm³/mol. The van der Waals surface area contributed by atoms with E-state index in [0.29, 0.717) is 24.5 Å². The molecule has 2 atom stereocenters. The Balaban J connectivity index is 1.69. The molecule has 5 nitrogen and oxygen atoms in total. The van der Waals surface area contributed by atoms with Gasteiger partial charge >= 0.3 is 0 Å². The number of likely N-dealkylation sites (tertiary alicyclic amines) is 1. The second kappa shape index (κ2) is 6.74. The van der Waals surface area contributed by atoms with E-state index in [1.807, 2.05) is 0 Å².